The van der Waals surface area contributed by atoms with Gasteiger partial charge in [0.05, 0.1) is 0 Å². The molecular formula is C14H15IN2. The van der Waals surface area contributed by atoms with Gasteiger partial charge < -0.3 is 4.90 Å². The number of aromatic nitrogens is 1. The maximum atomic E-state index is 4.24. The molecule has 1 aromatic carbocycles. The van der Waals surface area contributed by atoms with Crippen LogP contribution >= 0.6 is 22.6 Å². The summed E-state index contributed by atoms with van der Waals surface area (Å²) in [5.41, 5.74) is 4.76. The van der Waals surface area contributed by atoms with Gasteiger partial charge >= 0.3 is 0 Å². The third kappa shape index (κ3) is 2.77. The van der Waals surface area contributed by atoms with Crippen molar-refractivity contribution in [1.82, 2.24) is 4.98 Å². The summed E-state index contributed by atoms with van der Waals surface area (Å²) < 4.78 is 1.25. The fraction of sp³-hybridized carbons (Fsp3) is 0.214. The van der Waals surface area contributed by atoms with Crippen LogP contribution in [0.3, 0.4) is 0 Å². The molecule has 2 aromatic rings. The quantitative estimate of drug-likeness (QED) is 0.776. The van der Waals surface area contributed by atoms with Crippen molar-refractivity contribution in [3.05, 3.63) is 45.8 Å². The number of pyridine rings is 1. The van der Waals surface area contributed by atoms with Crippen molar-refractivity contribution in [2.24, 2.45) is 0 Å². The van der Waals surface area contributed by atoms with E-state index in [-0.39, 0.29) is 0 Å². The number of hydrogen-bond acceptors (Lipinski definition) is 2. The van der Waals surface area contributed by atoms with Gasteiger partial charge in [0.2, 0.25) is 0 Å². The lowest BCUT2D eigenvalue weighted by Crippen LogP contribution is -2.10. The molecule has 0 spiro atoms. The Kier molecular flexibility index (Phi) is 3.66. The summed E-state index contributed by atoms with van der Waals surface area (Å²) in [6.07, 6.45) is 1.86. The van der Waals surface area contributed by atoms with Crippen molar-refractivity contribution in [3.63, 3.8) is 0 Å². The highest BCUT2D eigenvalue weighted by Crippen LogP contribution is 2.31. The van der Waals surface area contributed by atoms with Crippen LogP contribution in [0.15, 0.2) is 36.5 Å². The molecule has 1 heterocycles. The van der Waals surface area contributed by atoms with Crippen molar-refractivity contribution < 1.29 is 0 Å². The molecule has 2 nitrogen and oxygen atoms in total. The highest BCUT2D eigenvalue weighted by atomic mass is 127. The van der Waals surface area contributed by atoms with E-state index >= 15 is 0 Å². The van der Waals surface area contributed by atoms with Gasteiger partial charge in [0.15, 0.2) is 0 Å². The second-order valence-electron chi connectivity index (χ2n) is 4.24. The van der Waals surface area contributed by atoms with Crippen LogP contribution in [0.1, 0.15) is 5.69 Å². The van der Waals surface area contributed by atoms with Gasteiger partial charge in [-0.3, -0.25) is 4.98 Å². The molecule has 0 N–H and O–H groups in total. The lowest BCUT2D eigenvalue weighted by molar-refractivity contribution is 1.13. The topological polar surface area (TPSA) is 16.1 Å². The van der Waals surface area contributed by atoms with Crippen molar-refractivity contribution in [3.8, 4) is 11.1 Å². The first-order valence-electron chi connectivity index (χ1n) is 5.48. The number of aryl methyl sites for hydroxylation is 1. The standard InChI is InChI=1S/C14H15IN2/c1-10-8-11(6-7-16-10)13-5-4-12(15)9-14(13)17(2)3/h4-9H,1-3H3. The SMILES string of the molecule is Cc1cc(-c2ccc(I)cc2N(C)C)ccn1. The molecule has 0 amide bonds. The fourth-order valence-electron chi connectivity index (χ4n) is 1.83. The maximum Gasteiger partial charge on any atom is 0.0451 e. The van der Waals surface area contributed by atoms with E-state index in [9.17, 15) is 0 Å². The lowest BCUT2D eigenvalue weighted by Gasteiger charge is -2.18. The largest absolute Gasteiger partial charge is 0.377 e. The Balaban J connectivity index is 2.59. The molecule has 0 fully saturated rings. The first-order chi connectivity index (χ1) is 8.08. The second-order valence-corrected chi connectivity index (χ2v) is 5.49. The Morgan fingerprint density at radius 3 is 2.53 bits per heavy atom. The summed E-state index contributed by atoms with van der Waals surface area (Å²) in [4.78, 5) is 6.39. The minimum Gasteiger partial charge on any atom is -0.377 e. The molecule has 0 unspecified atom stereocenters. The highest BCUT2D eigenvalue weighted by molar-refractivity contribution is 14.1. The van der Waals surface area contributed by atoms with E-state index in [1.54, 1.807) is 0 Å². The summed E-state index contributed by atoms with van der Waals surface area (Å²) in [6, 6.07) is 10.7. The smallest absolute Gasteiger partial charge is 0.0451 e. The van der Waals surface area contributed by atoms with E-state index in [4.69, 9.17) is 0 Å². The molecule has 2 rings (SSSR count). The van der Waals surface area contributed by atoms with Gasteiger partial charge in [0.1, 0.15) is 0 Å². The molecule has 0 aliphatic rings. The highest BCUT2D eigenvalue weighted by Gasteiger charge is 2.07. The zero-order valence-electron chi connectivity index (χ0n) is 10.2. The molecule has 0 radical (unpaired) electrons. The molecule has 88 valence electrons. The number of halogens is 1. The number of hydrogen-bond donors (Lipinski definition) is 0. The number of anilines is 1. The average molecular weight is 338 g/mol. The second kappa shape index (κ2) is 5.04. The van der Waals surface area contributed by atoms with Crippen LogP contribution < -0.4 is 4.90 Å². The zero-order chi connectivity index (χ0) is 12.4. The lowest BCUT2D eigenvalue weighted by atomic mass is 10.0. The number of benzene rings is 1. The third-order valence-corrected chi connectivity index (χ3v) is 3.32. The van der Waals surface area contributed by atoms with Gasteiger partial charge in [-0.1, -0.05) is 6.07 Å². The molecule has 0 bridgehead atoms. The molecule has 0 saturated heterocycles. The van der Waals surface area contributed by atoms with Gasteiger partial charge in [-0.15, -0.1) is 0 Å². The average Bonchev–Trinajstić information content (AvgIpc) is 2.28. The molecular weight excluding hydrogens is 323 g/mol. The first kappa shape index (κ1) is 12.4. The Morgan fingerprint density at radius 1 is 1.12 bits per heavy atom. The number of rotatable bonds is 2. The molecule has 0 aliphatic heterocycles. The van der Waals surface area contributed by atoms with Gasteiger partial charge in [0, 0.05) is 40.8 Å². The van der Waals surface area contributed by atoms with Gasteiger partial charge in [-0.25, -0.2) is 0 Å². The predicted octanol–water partition coefficient (Wildman–Crippen LogP) is 3.73. The van der Waals surface area contributed by atoms with Crippen LogP contribution in [0.5, 0.6) is 0 Å². The van der Waals surface area contributed by atoms with Crippen molar-refractivity contribution in [1.29, 1.82) is 0 Å². The normalized spacial score (nSPS) is 10.4. The van der Waals surface area contributed by atoms with Gasteiger partial charge in [0.25, 0.3) is 0 Å². The summed E-state index contributed by atoms with van der Waals surface area (Å²) in [5, 5.41) is 0. The summed E-state index contributed by atoms with van der Waals surface area (Å²) in [7, 11) is 4.14. The minimum atomic E-state index is 1.05. The summed E-state index contributed by atoms with van der Waals surface area (Å²) in [5.74, 6) is 0. The van der Waals surface area contributed by atoms with E-state index in [2.05, 4.69) is 76.9 Å². The third-order valence-electron chi connectivity index (χ3n) is 2.65. The molecule has 0 aliphatic carbocycles. The zero-order valence-corrected chi connectivity index (χ0v) is 12.4. The molecule has 0 saturated carbocycles. The van der Waals surface area contributed by atoms with Crippen LogP contribution in [0.4, 0.5) is 5.69 Å². The van der Waals surface area contributed by atoms with Crippen LogP contribution in [0.25, 0.3) is 11.1 Å². The molecule has 3 heteroatoms. The Labute approximate surface area is 116 Å². The van der Waals surface area contributed by atoms with E-state index in [0.29, 0.717) is 0 Å². The van der Waals surface area contributed by atoms with Crippen LogP contribution in [0.2, 0.25) is 0 Å². The Morgan fingerprint density at radius 2 is 1.88 bits per heavy atom. The monoisotopic (exact) mass is 338 g/mol. The predicted molar refractivity (Wildman–Crippen MR) is 81.5 cm³/mol. The Hall–Kier alpha value is -1.10. The van der Waals surface area contributed by atoms with E-state index in [1.807, 2.05) is 13.1 Å². The van der Waals surface area contributed by atoms with Crippen LogP contribution in [0, 0.1) is 10.5 Å². The maximum absolute atomic E-state index is 4.24. The fourth-order valence-corrected chi connectivity index (χ4v) is 2.31. The van der Waals surface area contributed by atoms with E-state index in [1.165, 1.54) is 20.4 Å². The van der Waals surface area contributed by atoms with Gasteiger partial charge in [-0.05, 0) is 59.3 Å². The van der Waals surface area contributed by atoms with Crippen molar-refractivity contribution >= 4 is 28.3 Å². The summed E-state index contributed by atoms with van der Waals surface area (Å²) in [6.45, 7) is 2.02. The van der Waals surface area contributed by atoms with E-state index < -0.39 is 0 Å². The van der Waals surface area contributed by atoms with Crippen molar-refractivity contribution in [2.45, 2.75) is 6.92 Å². The summed E-state index contributed by atoms with van der Waals surface area (Å²) >= 11 is 2.34. The van der Waals surface area contributed by atoms with Crippen molar-refractivity contribution in [2.75, 3.05) is 19.0 Å². The van der Waals surface area contributed by atoms with Crippen LogP contribution in [-0.4, -0.2) is 19.1 Å². The Bertz CT molecular complexity index is 535. The van der Waals surface area contributed by atoms with Gasteiger partial charge in [-0.2, -0.15) is 0 Å². The van der Waals surface area contributed by atoms with E-state index in [0.717, 1.165) is 5.69 Å². The molecule has 1 aromatic heterocycles. The molecule has 17 heavy (non-hydrogen) atoms. The van der Waals surface area contributed by atoms with Crippen LogP contribution in [-0.2, 0) is 0 Å². The molecule has 0 atom stereocenters. The first-order valence-corrected chi connectivity index (χ1v) is 6.55. The number of nitrogens with zero attached hydrogens (tertiary/aromatic N) is 2. The minimum absolute atomic E-state index is 1.05.